The topological polar surface area (TPSA) is 73.8 Å². The molecule has 3 fully saturated rings. The van der Waals surface area contributed by atoms with E-state index in [1.54, 1.807) is 0 Å². The van der Waals surface area contributed by atoms with Crippen LogP contribution >= 0.6 is 0 Å². The van der Waals surface area contributed by atoms with Crippen LogP contribution in [0.4, 0.5) is 0 Å². The van der Waals surface area contributed by atoms with Gasteiger partial charge < -0.3 is 37.9 Å². The standard InChI is InChI=1S/C39H40O8/c1-2-10-25(11-3-1)39-41-23-35-29(47-39)15-8-14-28-30(44-35)18-19-31-33(43-28)22-34-37(46-31)38(36-32(45-34)13-6-7-20-40-36)42-27-17-16-24-9-4-5-12-26(24)21-27/h1-12,15-19,21,28-39H,13-14,20,22-23H2/b15-8-/t28-,29+,30+,31-,32+,33+,34-,35-,36+,37-,38-,39-/m1/s1. The summed E-state index contributed by atoms with van der Waals surface area (Å²) >= 11 is 0. The molecule has 8 heteroatoms. The molecule has 0 radical (unpaired) electrons. The Hall–Kier alpha value is -3.34. The second kappa shape index (κ2) is 12.9. The van der Waals surface area contributed by atoms with Crippen LogP contribution in [0.15, 0.2) is 109 Å². The van der Waals surface area contributed by atoms with Gasteiger partial charge in [0.25, 0.3) is 0 Å². The first-order valence-electron chi connectivity index (χ1n) is 17.0. The molecular weight excluding hydrogens is 596 g/mol. The van der Waals surface area contributed by atoms with Gasteiger partial charge in [0, 0.05) is 12.0 Å². The van der Waals surface area contributed by atoms with Crippen LogP contribution in [0.25, 0.3) is 10.8 Å². The third-order valence-electron chi connectivity index (χ3n) is 10.2. The molecule has 0 unspecified atom stereocenters. The highest BCUT2D eigenvalue weighted by Crippen LogP contribution is 2.41. The van der Waals surface area contributed by atoms with Crippen LogP contribution < -0.4 is 4.74 Å². The molecule has 6 aliphatic heterocycles. The van der Waals surface area contributed by atoms with Crippen LogP contribution in [0.1, 0.15) is 31.1 Å². The minimum absolute atomic E-state index is 0.134. The van der Waals surface area contributed by atoms with Gasteiger partial charge in [0.1, 0.15) is 42.4 Å². The monoisotopic (exact) mass is 636 g/mol. The van der Waals surface area contributed by atoms with Crippen molar-refractivity contribution in [3.63, 3.8) is 0 Å². The van der Waals surface area contributed by atoms with Gasteiger partial charge in [-0.15, -0.1) is 0 Å². The van der Waals surface area contributed by atoms with Gasteiger partial charge in [0.15, 0.2) is 12.4 Å². The average Bonchev–Trinajstić information content (AvgIpc) is 3.43. The molecule has 47 heavy (non-hydrogen) atoms. The molecule has 0 amide bonds. The SMILES string of the molecule is C1=CC[C@@H]2O[C@@H]3C[C@@H]4O[C@@H]5C/C=C\[C@@H]6O[C@H](c7ccccc7)OC[C@H]6O[C@H]5C=C[C@H]4O[C@H]3[C@H](Oc3ccc4ccccc4c3)[C@H]2OC1. The zero-order valence-corrected chi connectivity index (χ0v) is 26.1. The second-order valence-corrected chi connectivity index (χ2v) is 13.2. The minimum Gasteiger partial charge on any atom is -0.485 e. The first-order valence-corrected chi connectivity index (χ1v) is 17.0. The van der Waals surface area contributed by atoms with E-state index in [4.69, 9.17) is 37.9 Å². The predicted molar refractivity (Wildman–Crippen MR) is 174 cm³/mol. The van der Waals surface area contributed by atoms with Crippen LogP contribution in [-0.2, 0) is 33.2 Å². The summed E-state index contributed by atoms with van der Waals surface area (Å²) in [6.45, 7) is 0.947. The molecule has 6 heterocycles. The van der Waals surface area contributed by atoms with E-state index in [2.05, 4.69) is 66.8 Å². The summed E-state index contributed by atoms with van der Waals surface area (Å²) in [5.41, 5.74) is 1.00. The summed E-state index contributed by atoms with van der Waals surface area (Å²) in [6.07, 6.45) is 11.8. The molecule has 12 atom stereocenters. The molecule has 3 aromatic rings. The Bertz CT molecular complexity index is 1640. The number of ether oxygens (including phenoxy) is 8. The summed E-state index contributed by atoms with van der Waals surface area (Å²) in [5, 5.41) is 2.31. The van der Waals surface area contributed by atoms with Gasteiger partial charge in [-0.3, -0.25) is 0 Å². The van der Waals surface area contributed by atoms with E-state index in [1.807, 2.05) is 42.5 Å². The zero-order chi connectivity index (χ0) is 31.2. The zero-order valence-electron chi connectivity index (χ0n) is 26.1. The lowest BCUT2D eigenvalue weighted by molar-refractivity contribution is -0.285. The van der Waals surface area contributed by atoms with Crippen LogP contribution in [0, 0.1) is 0 Å². The van der Waals surface area contributed by atoms with Crippen LogP contribution in [-0.4, -0.2) is 80.4 Å². The third kappa shape index (κ3) is 5.97. The Morgan fingerprint density at radius 3 is 2.26 bits per heavy atom. The Balaban J connectivity index is 0.948. The Morgan fingerprint density at radius 2 is 1.34 bits per heavy atom. The number of benzene rings is 3. The van der Waals surface area contributed by atoms with E-state index in [0.29, 0.717) is 26.1 Å². The third-order valence-corrected chi connectivity index (χ3v) is 10.2. The Labute approximate surface area is 274 Å². The summed E-state index contributed by atoms with van der Waals surface area (Å²) < 4.78 is 52.8. The fourth-order valence-electron chi connectivity index (χ4n) is 7.80. The summed E-state index contributed by atoms with van der Waals surface area (Å²) in [6, 6.07) is 24.6. The molecule has 0 bridgehead atoms. The van der Waals surface area contributed by atoms with Crippen LogP contribution in [0.3, 0.4) is 0 Å². The Morgan fingerprint density at radius 1 is 0.553 bits per heavy atom. The molecule has 0 spiro atoms. The molecule has 0 saturated carbocycles. The van der Waals surface area contributed by atoms with E-state index in [-0.39, 0.29) is 67.1 Å². The first-order chi connectivity index (χ1) is 23.2. The lowest BCUT2D eigenvalue weighted by atomic mass is 9.87. The van der Waals surface area contributed by atoms with Crippen molar-refractivity contribution in [1.29, 1.82) is 0 Å². The van der Waals surface area contributed by atoms with Crippen molar-refractivity contribution in [1.82, 2.24) is 0 Å². The van der Waals surface area contributed by atoms with E-state index >= 15 is 0 Å². The molecule has 0 aromatic heterocycles. The molecule has 3 aromatic carbocycles. The van der Waals surface area contributed by atoms with Crippen molar-refractivity contribution in [2.45, 2.75) is 92.7 Å². The maximum Gasteiger partial charge on any atom is 0.184 e. The number of fused-ring (bicyclic) bond motifs is 6. The maximum absolute atomic E-state index is 6.89. The van der Waals surface area contributed by atoms with E-state index in [9.17, 15) is 0 Å². The smallest absolute Gasteiger partial charge is 0.184 e. The van der Waals surface area contributed by atoms with Crippen molar-refractivity contribution in [2.24, 2.45) is 0 Å². The van der Waals surface area contributed by atoms with Crippen molar-refractivity contribution in [3.05, 3.63) is 115 Å². The molecular formula is C39H40O8. The normalized spacial score (nSPS) is 40.2. The highest BCUT2D eigenvalue weighted by molar-refractivity contribution is 5.83. The quantitative estimate of drug-likeness (QED) is 0.324. The number of hydrogen-bond donors (Lipinski definition) is 0. The van der Waals surface area contributed by atoms with Crippen molar-refractivity contribution >= 4 is 10.8 Å². The fraction of sp³-hybridized carbons (Fsp3) is 0.436. The fourth-order valence-corrected chi connectivity index (χ4v) is 7.80. The van der Waals surface area contributed by atoms with Gasteiger partial charge in [-0.1, -0.05) is 97.1 Å². The molecule has 3 saturated heterocycles. The molecule has 244 valence electrons. The molecule has 0 N–H and O–H groups in total. The van der Waals surface area contributed by atoms with Crippen molar-refractivity contribution in [2.75, 3.05) is 13.2 Å². The van der Waals surface area contributed by atoms with Crippen molar-refractivity contribution < 1.29 is 37.9 Å². The largest absolute Gasteiger partial charge is 0.485 e. The summed E-state index contributed by atoms with van der Waals surface area (Å²) in [4.78, 5) is 0. The molecule has 0 aliphatic carbocycles. The highest BCUT2D eigenvalue weighted by atomic mass is 16.7. The second-order valence-electron chi connectivity index (χ2n) is 13.2. The first kappa shape index (κ1) is 29.8. The summed E-state index contributed by atoms with van der Waals surface area (Å²) in [5.74, 6) is 0.798. The molecule has 8 nitrogen and oxygen atoms in total. The average molecular weight is 637 g/mol. The molecule has 9 rings (SSSR count). The predicted octanol–water partition coefficient (Wildman–Crippen LogP) is 6.01. The molecule has 6 aliphatic rings. The van der Waals surface area contributed by atoms with Crippen LogP contribution in [0.2, 0.25) is 0 Å². The van der Waals surface area contributed by atoms with Gasteiger partial charge in [-0.05, 0) is 35.7 Å². The number of rotatable bonds is 3. The van der Waals surface area contributed by atoms with Crippen molar-refractivity contribution in [3.8, 4) is 5.75 Å². The maximum atomic E-state index is 6.89. The van der Waals surface area contributed by atoms with Gasteiger partial charge in [0.2, 0.25) is 0 Å². The van der Waals surface area contributed by atoms with E-state index < -0.39 is 6.29 Å². The van der Waals surface area contributed by atoms with Gasteiger partial charge in [0.05, 0.1) is 37.6 Å². The van der Waals surface area contributed by atoms with E-state index in [1.165, 1.54) is 5.39 Å². The Kier molecular flexibility index (Phi) is 8.19. The highest BCUT2D eigenvalue weighted by Gasteiger charge is 2.54. The summed E-state index contributed by atoms with van der Waals surface area (Å²) in [7, 11) is 0. The number of hydrogen-bond acceptors (Lipinski definition) is 8. The lowest BCUT2D eigenvalue weighted by Crippen LogP contribution is -2.65. The van der Waals surface area contributed by atoms with Gasteiger partial charge in [-0.2, -0.15) is 0 Å². The minimum atomic E-state index is -0.418. The van der Waals surface area contributed by atoms with Gasteiger partial charge >= 0.3 is 0 Å². The van der Waals surface area contributed by atoms with Crippen LogP contribution in [0.5, 0.6) is 5.75 Å². The van der Waals surface area contributed by atoms with Gasteiger partial charge in [-0.25, -0.2) is 0 Å². The lowest BCUT2D eigenvalue weighted by Gasteiger charge is -2.50. The van der Waals surface area contributed by atoms with E-state index in [0.717, 1.165) is 23.1 Å².